The molecule has 14 heavy (non-hydrogen) atoms. The van der Waals surface area contributed by atoms with E-state index in [9.17, 15) is 22.0 Å². The number of halogens is 5. The fourth-order valence-corrected chi connectivity index (χ4v) is 1.02. The van der Waals surface area contributed by atoms with Crippen molar-refractivity contribution in [2.75, 3.05) is 0 Å². The van der Waals surface area contributed by atoms with Crippen LogP contribution in [0.3, 0.4) is 0 Å². The highest BCUT2D eigenvalue weighted by atomic mass is 19.2. The van der Waals surface area contributed by atoms with Crippen LogP contribution in [0.4, 0.5) is 22.0 Å². The van der Waals surface area contributed by atoms with Crippen molar-refractivity contribution < 1.29 is 22.0 Å². The molecule has 0 saturated heterocycles. The highest BCUT2D eigenvalue weighted by Crippen LogP contribution is 2.26. The van der Waals surface area contributed by atoms with Gasteiger partial charge in [-0.25, -0.2) is 22.0 Å². The lowest BCUT2D eigenvalue weighted by Gasteiger charge is -2.10. The van der Waals surface area contributed by atoms with Gasteiger partial charge >= 0.3 is 0 Å². The van der Waals surface area contributed by atoms with Gasteiger partial charge in [0.15, 0.2) is 23.3 Å². The Labute approximate surface area is 78.1 Å². The van der Waals surface area contributed by atoms with Crippen LogP contribution in [0.1, 0.15) is 18.3 Å². The van der Waals surface area contributed by atoms with Crippen molar-refractivity contribution in [2.24, 2.45) is 0 Å². The molecule has 0 aliphatic heterocycles. The van der Waals surface area contributed by atoms with Crippen molar-refractivity contribution in [3.8, 4) is 0 Å². The van der Waals surface area contributed by atoms with Crippen molar-refractivity contribution in [1.29, 1.82) is 0 Å². The number of hydrogen-bond donors (Lipinski definition) is 0. The van der Waals surface area contributed by atoms with Crippen LogP contribution in [0.5, 0.6) is 0 Å². The molecule has 0 aromatic heterocycles. The Hall–Kier alpha value is -1.07. The molecule has 0 bridgehead atoms. The molecule has 1 aromatic rings. The third-order valence-corrected chi connectivity index (χ3v) is 1.70. The Morgan fingerprint density at radius 1 is 0.786 bits per heavy atom. The van der Waals surface area contributed by atoms with Crippen LogP contribution >= 0.6 is 0 Å². The molecule has 0 N–H and O–H groups in total. The van der Waals surface area contributed by atoms with E-state index in [4.69, 9.17) is 7.85 Å². The highest BCUT2D eigenvalue weighted by molar-refractivity contribution is 6.12. The molecular formula is C8H4BF5. The van der Waals surface area contributed by atoms with Gasteiger partial charge in [0.25, 0.3) is 0 Å². The second-order valence-corrected chi connectivity index (χ2v) is 2.77. The molecule has 1 rings (SSSR count). The van der Waals surface area contributed by atoms with Gasteiger partial charge in [-0.2, -0.15) is 0 Å². The second-order valence-electron chi connectivity index (χ2n) is 2.77. The molecule has 74 valence electrons. The standard InChI is InChI=1S/C8H4BF5/c1-2(9)3-4(10)6(12)8(14)7(13)5(3)11/h2H,1H3. The molecule has 0 saturated carbocycles. The van der Waals surface area contributed by atoms with E-state index in [0.29, 0.717) is 0 Å². The summed E-state index contributed by atoms with van der Waals surface area (Å²) in [6.07, 6.45) is 0. The Morgan fingerprint density at radius 3 is 1.36 bits per heavy atom. The van der Waals surface area contributed by atoms with Gasteiger partial charge in [-0.1, -0.05) is 6.92 Å². The normalized spacial score (nSPS) is 13.0. The monoisotopic (exact) mass is 206 g/mol. The van der Waals surface area contributed by atoms with E-state index in [2.05, 4.69) is 0 Å². The van der Waals surface area contributed by atoms with E-state index in [1.54, 1.807) is 0 Å². The first kappa shape index (κ1) is 11.0. The first-order chi connectivity index (χ1) is 6.37. The first-order valence-corrected chi connectivity index (χ1v) is 3.64. The molecule has 1 aromatic carbocycles. The van der Waals surface area contributed by atoms with Crippen molar-refractivity contribution in [1.82, 2.24) is 0 Å². The summed E-state index contributed by atoms with van der Waals surface area (Å²) >= 11 is 0. The summed E-state index contributed by atoms with van der Waals surface area (Å²) in [4.78, 5) is 0. The molecule has 1 unspecified atom stereocenters. The Balaban J connectivity index is 3.60. The molecule has 6 heteroatoms. The fourth-order valence-electron chi connectivity index (χ4n) is 1.02. The zero-order valence-corrected chi connectivity index (χ0v) is 7.04. The summed E-state index contributed by atoms with van der Waals surface area (Å²) < 4.78 is 63.3. The van der Waals surface area contributed by atoms with Crippen LogP contribution in [0, 0.1) is 29.1 Å². The third kappa shape index (κ3) is 1.49. The quantitative estimate of drug-likeness (QED) is 0.286. The Bertz CT molecular complexity index is 345. The van der Waals surface area contributed by atoms with E-state index in [-0.39, 0.29) is 0 Å². The van der Waals surface area contributed by atoms with Crippen molar-refractivity contribution in [2.45, 2.75) is 12.7 Å². The first-order valence-electron chi connectivity index (χ1n) is 3.64. The predicted octanol–water partition coefficient (Wildman–Crippen LogP) is 2.61. The van der Waals surface area contributed by atoms with Gasteiger partial charge in [-0.3, -0.25) is 0 Å². The lowest BCUT2D eigenvalue weighted by molar-refractivity contribution is 0.370. The van der Waals surface area contributed by atoms with Gasteiger partial charge in [0.2, 0.25) is 5.82 Å². The lowest BCUT2D eigenvalue weighted by Crippen LogP contribution is -2.09. The predicted molar refractivity (Wildman–Crippen MR) is 40.4 cm³/mol. The molecule has 0 aliphatic carbocycles. The summed E-state index contributed by atoms with van der Waals surface area (Å²) in [6, 6.07) is 0. The SMILES string of the molecule is [B]C(C)c1c(F)c(F)c(F)c(F)c1F. The largest absolute Gasteiger partial charge is 0.203 e. The van der Waals surface area contributed by atoms with Crippen LogP contribution < -0.4 is 0 Å². The smallest absolute Gasteiger partial charge is 0.200 e. The van der Waals surface area contributed by atoms with Gasteiger partial charge < -0.3 is 0 Å². The minimum absolute atomic E-state index is 0.999. The topological polar surface area (TPSA) is 0 Å². The van der Waals surface area contributed by atoms with Crippen LogP contribution in [-0.2, 0) is 0 Å². The van der Waals surface area contributed by atoms with E-state index in [0.717, 1.165) is 6.92 Å². The molecule has 0 fully saturated rings. The van der Waals surface area contributed by atoms with Crippen LogP contribution in [0.25, 0.3) is 0 Å². The highest BCUT2D eigenvalue weighted by Gasteiger charge is 2.26. The lowest BCUT2D eigenvalue weighted by atomic mass is 9.82. The van der Waals surface area contributed by atoms with E-state index in [1.807, 2.05) is 0 Å². The maximum atomic E-state index is 12.9. The third-order valence-electron chi connectivity index (χ3n) is 1.70. The maximum Gasteiger partial charge on any atom is 0.200 e. The Morgan fingerprint density at radius 2 is 1.07 bits per heavy atom. The summed E-state index contributed by atoms with van der Waals surface area (Å²) in [5.74, 6) is -11.1. The summed E-state index contributed by atoms with van der Waals surface area (Å²) in [5, 5.41) is 0. The maximum absolute atomic E-state index is 12.9. The second kappa shape index (κ2) is 3.59. The van der Waals surface area contributed by atoms with E-state index >= 15 is 0 Å². The van der Waals surface area contributed by atoms with E-state index in [1.165, 1.54) is 0 Å². The van der Waals surface area contributed by atoms with Crippen molar-refractivity contribution in [3.63, 3.8) is 0 Å². The minimum atomic E-state index is -2.18. The van der Waals surface area contributed by atoms with Crippen molar-refractivity contribution >= 4 is 7.85 Å². The minimum Gasteiger partial charge on any atom is -0.203 e. The summed E-state index contributed by atoms with van der Waals surface area (Å²) in [5.41, 5.74) is -0.999. The molecule has 0 amide bonds. The van der Waals surface area contributed by atoms with Crippen LogP contribution in [-0.4, -0.2) is 7.85 Å². The van der Waals surface area contributed by atoms with Gasteiger partial charge in [0.1, 0.15) is 0 Å². The van der Waals surface area contributed by atoms with Gasteiger partial charge in [0.05, 0.1) is 7.85 Å². The molecule has 0 heterocycles. The molecule has 1 atom stereocenters. The zero-order valence-electron chi connectivity index (χ0n) is 7.04. The molecule has 0 nitrogen and oxygen atoms in total. The molecule has 0 aliphatic rings. The van der Waals surface area contributed by atoms with E-state index < -0.39 is 40.5 Å². The van der Waals surface area contributed by atoms with Gasteiger partial charge in [-0.05, 0) is 5.82 Å². The number of hydrogen-bond acceptors (Lipinski definition) is 0. The number of benzene rings is 1. The molecule has 2 radical (unpaired) electrons. The molecule has 0 spiro atoms. The van der Waals surface area contributed by atoms with Crippen molar-refractivity contribution in [3.05, 3.63) is 34.6 Å². The molecular weight excluding hydrogens is 202 g/mol. The zero-order chi connectivity index (χ0) is 11.0. The Kier molecular flexibility index (Phi) is 2.82. The van der Waals surface area contributed by atoms with Crippen LogP contribution in [0.2, 0.25) is 0 Å². The average molecular weight is 206 g/mol. The summed E-state index contributed by atoms with van der Waals surface area (Å²) in [7, 11) is 5.07. The number of rotatable bonds is 1. The van der Waals surface area contributed by atoms with Crippen LogP contribution in [0.15, 0.2) is 0 Å². The van der Waals surface area contributed by atoms with Gasteiger partial charge in [-0.15, -0.1) is 0 Å². The average Bonchev–Trinajstić information content (AvgIpc) is 2.11. The summed E-state index contributed by atoms with van der Waals surface area (Å²) in [6.45, 7) is 1.12. The fraction of sp³-hybridized carbons (Fsp3) is 0.250. The van der Waals surface area contributed by atoms with Gasteiger partial charge in [0, 0.05) is 5.56 Å².